The van der Waals surface area contributed by atoms with Crippen LogP contribution < -0.4 is 24.8 Å². The maximum Gasteiger partial charge on any atom is 0.408 e. The zero-order valence-corrected chi connectivity index (χ0v) is 26.5. The van der Waals surface area contributed by atoms with Gasteiger partial charge in [-0.15, -0.1) is 0 Å². The van der Waals surface area contributed by atoms with Crippen LogP contribution in [0.5, 0.6) is 5.75 Å². The highest BCUT2D eigenvalue weighted by molar-refractivity contribution is 6.04. The lowest BCUT2D eigenvalue weighted by molar-refractivity contribution is -0.122. The van der Waals surface area contributed by atoms with Crippen LogP contribution in [-0.2, 0) is 19.1 Å². The van der Waals surface area contributed by atoms with Crippen molar-refractivity contribution in [3.63, 3.8) is 0 Å². The Morgan fingerprint density at radius 1 is 0.750 bits per heavy atom. The zero-order valence-electron chi connectivity index (χ0n) is 26.5. The van der Waals surface area contributed by atoms with E-state index in [1.165, 1.54) is 9.80 Å². The Labute approximate surface area is 259 Å². The molecule has 0 bridgehead atoms. The molecule has 0 spiro atoms. The van der Waals surface area contributed by atoms with Crippen LogP contribution in [0.3, 0.4) is 0 Å². The van der Waals surface area contributed by atoms with E-state index in [0.29, 0.717) is 23.7 Å². The average Bonchev–Trinajstić information content (AvgIpc) is 2.96. The third kappa shape index (κ3) is 9.86. The Kier molecular flexibility index (Phi) is 11.5. The van der Waals surface area contributed by atoms with Crippen molar-refractivity contribution in [2.75, 3.05) is 48.0 Å². The lowest BCUT2D eigenvalue weighted by atomic mass is 10.1. The minimum atomic E-state index is -0.751. The van der Waals surface area contributed by atoms with Gasteiger partial charge in [0.2, 0.25) is 11.8 Å². The minimum Gasteiger partial charge on any atom is -0.484 e. The number of carbonyl (C=O) groups excluding carboxylic acids is 4. The first-order valence-electron chi connectivity index (χ1n) is 14.5. The SMILES string of the molecule is CCN(C(=O)COc1cccc(N(CC(=O)N(C)c2ccccc2)C(=O)CNC(=O)OC(C)(C)C)c1)c1cc(C)cc(C)c1. The number of anilines is 3. The first-order chi connectivity index (χ1) is 20.8. The maximum atomic E-state index is 13.4. The largest absolute Gasteiger partial charge is 0.484 e. The van der Waals surface area contributed by atoms with E-state index in [9.17, 15) is 19.2 Å². The Hall–Kier alpha value is -4.86. The standard InChI is InChI=1S/C34H42N4O6/c1-8-37(28-18-24(2)17-25(3)19-28)32(41)23-43-29-16-12-15-27(20-29)38(30(39)21-35-33(42)44-34(4,5)6)22-31(40)36(7)26-13-10-9-11-14-26/h9-20H,8,21-23H2,1-7H3,(H,35,42). The lowest BCUT2D eigenvalue weighted by Crippen LogP contribution is -2.46. The minimum absolute atomic E-state index is 0.225. The molecule has 10 heteroatoms. The molecule has 3 aromatic carbocycles. The zero-order chi connectivity index (χ0) is 32.4. The summed E-state index contributed by atoms with van der Waals surface area (Å²) < 4.78 is 11.1. The van der Waals surface area contributed by atoms with Crippen molar-refractivity contribution < 1.29 is 28.7 Å². The van der Waals surface area contributed by atoms with E-state index in [2.05, 4.69) is 5.32 Å². The molecule has 3 aromatic rings. The fourth-order valence-corrected chi connectivity index (χ4v) is 4.49. The smallest absolute Gasteiger partial charge is 0.408 e. The fraction of sp³-hybridized carbons (Fsp3) is 0.353. The van der Waals surface area contributed by atoms with Crippen molar-refractivity contribution in [3.05, 3.63) is 83.9 Å². The van der Waals surface area contributed by atoms with Gasteiger partial charge in [0.25, 0.3) is 5.91 Å². The number of ether oxygens (including phenoxy) is 2. The Balaban J connectivity index is 1.79. The van der Waals surface area contributed by atoms with Gasteiger partial charge in [-0.25, -0.2) is 4.79 Å². The molecule has 0 aliphatic carbocycles. The van der Waals surface area contributed by atoms with E-state index in [0.717, 1.165) is 16.8 Å². The molecule has 1 N–H and O–H groups in total. The molecule has 0 radical (unpaired) electrons. The summed E-state index contributed by atoms with van der Waals surface area (Å²) in [7, 11) is 1.62. The normalized spacial score (nSPS) is 10.9. The number of rotatable bonds is 11. The Bertz CT molecular complexity index is 1450. The van der Waals surface area contributed by atoms with Crippen molar-refractivity contribution in [2.24, 2.45) is 0 Å². The molecule has 0 heterocycles. The molecule has 44 heavy (non-hydrogen) atoms. The van der Waals surface area contributed by atoms with Gasteiger partial charge in [0.1, 0.15) is 24.4 Å². The van der Waals surface area contributed by atoms with Crippen LogP contribution in [0.25, 0.3) is 0 Å². The molecule has 0 aliphatic rings. The third-order valence-corrected chi connectivity index (χ3v) is 6.52. The summed E-state index contributed by atoms with van der Waals surface area (Å²) in [5.74, 6) is -0.771. The molecule has 0 atom stereocenters. The van der Waals surface area contributed by atoms with E-state index in [1.807, 2.05) is 57.2 Å². The van der Waals surface area contributed by atoms with E-state index >= 15 is 0 Å². The third-order valence-electron chi connectivity index (χ3n) is 6.52. The first kappa shape index (κ1) is 33.6. The molecule has 0 fully saturated rings. The van der Waals surface area contributed by atoms with Crippen molar-refractivity contribution in [1.29, 1.82) is 0 Å². The van der Waals surface area contributed by atoms with Crippen LogP contribution in [-0.4, -0.2) is 62.7 Å². The van der Waals surface area contributed by atoms with Crippen molar-refractivity contribution >= 4 is 40.9 Å². The lowest BCUT2D eigenvalue weighted by Gasteiger charge is -2.26. The van der Waals surface area contributed by atoms with Crippen LogP contribution in [0, 0.1) is 13.8 Å². The number of carbonyl (C=O) groups is 4. The second-order valence-electron chi connectivity index (χ2n) is 11.4. The Morgan fingerprint density at radius 3 is 2.00 bits per heavy atom. The number of hydrogen-bond donors (Lipinski definition) is 1. The van der Waals surface area contributed by atoms with Gasteiger partial charge in [0.05, 0.1) is 0 Å². The number of likely N-dealkylation sites (N-methyl/N-ethyl adjacent to an activating group) is 2. The fourth-order valence-electron chi connectivity index (χ4n) is 4.49. The molecule has 4 amide bonds. The van der Waals surface area contributed by atoms with Gasteiger partial charge in [-0.05, 0) is 89.1 Å². The summed E-state index contributed by atoms with van der Waals surface area (Å²) in [5.41, 5.74) is 3.19. The number of hydrogen-bond acceptors (Lipinski definition) is 6. The maximum absolute atomic E-state index is 13.4. The number of nitrogens with zero attached hydrogens (tertiary/aromatic N) is 3. The quantitative estimate of drug-likeness (QED) is 0.321. The van der Waals surface area contributed by atoms with Gasteiger partial charge in [-0.1, -0.05) is 30.3 Å². The van der Waals surface area contributed by atoms with Crippen LogP contribution in [0.15, 0.2) is 72.8 Å². The highest BCUT2D eigenvalue weighted by Gasteiger charge is 2.24. The van der Waals surface area contributed by atoms with Gasteiger partial charge in [0, 0.05) is 36.7 Å². The van der Waals surface area contributed by atoms with E-state index in [-0.39, 0.29) is 25.0 Å². The van der Waals surface area contributed by atoms with Crippen molar-refractivity contribution in [2.45, 2.75) is 47.1 Å². The summed E-state index contributed by atoms with van der Waals surface area (Å²) in [6.07, 6.45) is -0.751. The molecule has 3 rings (SSSR count). The van der Waals surface area contributed by atoms with E-state index in [1.54, 1.807) is 69.1 Å². The van der Waals surface area contributed by atoms with E-state index < -0.39 is 24.1 Å². The topological polar surface area (TPSA) is 108 Å². The van der Waals surface area contributed by atoms with Gasteiger partial charge in [0.15, 0.2) is 6.61 Å². The van der Waals surface area contributed by atoms with Crippen LogP contribution in [0.2, 0.25) is 0 Å². The number of amides is 4. The van der Waals surface area contributed by atoms with Gasteiger partial charge in [-0.3, -0.25) is 14.4 Å². The molecule has 234 valence electrons. The highest BCUT2D eigenvalue weighted by atomic mass is 16.6. The van der Waals surface area contributed by atoms with Crippen LogP contribution in [0.1, 0.15) is 38.8 Å². The molecule has 0 aromatic heterocycles. The molecule has 0 saturated heterocycles. The summed E-state index contributed by atoms with van der Waals surface area (Å²) in [6.45, 7) is 10.5. The number of alkyl carbamates (subject to hydrolysis) is 1. The Morgan fingerprint density at radius 2 is 1.39 bits per heavy atom. The molecule has 0 aliphatic heterocycles. The van der Waals surface area contributed by atoms with Gasteiger partial charge >= 0.3 is 6.09 Å². The molecule has 0 unspecified atom stereocenters. The number of para-hydroxylation sites is 1. The second-order valence-corrected chi connectivity index (χ2v) is 11.4. The van der Waals surface area contributed by atoms with Crippen LogP contribution in [0.4, 0.5) is 21.9 Å². The predicted molar refractivity (Wildman–Crippen MR) is 172 cm³/mol. The second kappa shape index (κ2) is 15.0. The van der Waals surface area contributed by atoms with E-state index in [4.69, 9.17) is 9.47 Å². The molecule has 10 nitrogen and oxygen atoms in total. The average molecular weight is 603 g/mol. The highest BCUT2D eigenvalue weighted by Crippen LogP contribution is 2.24. The number of aryl methyl sites for hydroxylation is 2. The summed E-state index contributed by atoms with van der Waals surface area (Å²) in [4.78, 5) is 56.4. The summed E-state index contributed by atoms with van der Waals surface area (Å²) >= 11 is 0. The number of benzene rings is 3. The molecule has 0 saturated carbocycles. The summed E-state index contributed by atoms with van der Waals surface area (Å²) in [5, 5.41) is 2.46. The van der Waals surface area contributed by atoms with Crippen LogP contribution >= 0.6 is 0 Å². The first-order valence-corrected chi connectivity index (χ1v) is 14.5. The number of nitrogens with one attached hydrogen (secondary N) is 1. The van der Waals surface area contributed by atoms with Gasteiger partial charge < -0.3 is 29.5 Å². The van der Waals surface area contributed by atoms with Crippen molar-refractivity contribution in [3.8, 4) is 5.75 Å². The molecular weight excluding hydrogens is 560 g/mol. The van der Waals surface area contributed by atoms with Gasteiger partial charge in [-0.2, -0.15) is 0 Å². The van der Waals surface area contributed by atoms with Crippen molar-refractivity contribution in [1.82, 2.24) is 5.32 Å². The monoisotopic (exact) mass is 602 g/mol. The molecular formula is C34H42N4O6. The predicted octanol–water partition coefficient (Wildman–Crippen LogP) is 5.26. The summed E-state index contributed by atoms with van der Waals surface area (Å²) in [6, 6.07) is 21.6.